The molecule has 0 amide bonds. The summed E-state index contributed by atoms with van der Waals surface area (Å²) in [6, 6.07) is 1.75. The Kier molecular flexibility index (Phi) is 3.32. The van der Waals surface area contributed by atoms with Gasteiger partial charge in [-0.25, -0.2) is 4.79 Å². The van der Waals surface area contributed by atoms with Gasteiger partial charge in [0, 0.05) is 25.4 Å². The summed E-state index contributed by atoms with van der Waals surface area (Å²) in [6.45, 7) is 0.809. The molecule has 1 rings (SSSR count). The molecular formula is C9H12N2O2. The van der Waals surface area contributed by atoms with Crippen molar-refractivity contribution in [3.8, 4) is 6.07 Å². The maximum Gasteiger partial charge on any atom is 0.333 e. The average Bonchev–Trinajstić information content (AvgIpc) is 2.48. The predicted octanol–water partition coefficient (Wildman–Crippen LogP) is 0.663. The topological polar surface area (TPSA) is 53.3 Å². The van der Waals surface area contributed by atoms with Crippen molar-refractivity contribution in [1.82, 2.24) is 4.90 Å². The van der Waals surface area contributed by atoms with Crippen molar-refractivity contribution in [2.45, 2.75) is 12.8 Å². The van der Waals surface area contributed by atoms with Gasteiger partial charge in [0.05, 0.1) is 0 Å². The Balaban J connectivity index is 2.45. The van der Waals surface area contributed by atoms with Gasteiger partial charge >= 0.3 is 5.97 Å². The maximum absolute atomic E-state index is 11.0. The van der Waals surface area contributed by atoms with Crippen LogP contribution in [-0.2, 0) is 9.53 Å². The smallest absolute Gasteiger partial charge is 0.333 e. The fourth-order valence-corrected chi connectivity index (χ4v) is 1.30. The van der Waals surface area contributed by atoms with E-state index in [9.17, 15) is 4.79 Å². The number of allylic oxidation sites excluding steroid dienone is 1. The van der Waals surface area contributed by atoms with Crippen LogP contribution in [-0.4, -0.2) is 31.1 Å². The number of hydrogen-bond donors (Lipinski definition) is 0. The first-order valence-corrected chi connectivity index (χ1v) is 4.19. The molecule has 0 spiro atoms. The van der Waals surface area contributed by atoms with E-state index in [4.69, 9.17) is 5.26 Å². The molecule has 0 aromatic carbocycles. The molecule has 0 aromatic heterocycles. The zero-order chi connectivity index (χ0) is 9.68. The van der Waals surface area contributed by atoms with E-state index in [1.54, 1.807) is 6.07 Å². The highest BCUT2D eigenvalue weighted by Gasteiger charge is 2.13. The summed E-state index contributed by atoms with van der Waals surface area (Å²) in [5, 5.41) is 8.17. The van der Waals surface area contributed by atoms with E-state index in [2.05, 4.69) is 4.74 Å². The monoisotopic (exact) mass is 180 g/mol. The Morgan fingerprint density at radius 2 is 2.62 bits per heavy atom. The molecular weight excluding hydrogens is 168 g/mol. The highest BCUT2D eigenvalue weighted by molar-refractivity contribution is 5.82. The molecule has 1 fully saturated rings. The lowest BCUT2D eigenvalue weighted by atomic mass is 10.3. The maximum atomic E-state index is 11.0. The number of nitrogens with zero attached hydrogens (tertiary/aromatic N) is 2. The summed E-state index contributed by atoms with van der Waals surface area (Å²) in [6.07, 6.45) is 3.45. The zero-order valence-corrected chi connectivity index (χ0v) is 7.62. The SMILES string of the molecule is CN1CCCC1=CC(=O)OCC#N. The molecule has 0 N–H and O–H groups in total. The molecule has 0 radical (unpaired) electrons. The van der Waals surface area contributed by atoms with Gasteiger partial charge in [-0.2, -0.15) is 5.26 Å². The second-order valence-electron chi connectivity index (χ2n) is 2.93. The highest BCUT2D eigenvalue weighted by Crippen LogP contribution is 2.18. The van der Waals surface area contributed by atoms with Crippen LogP contribution in [0.15, 0.2) is 11.8 Å². The van der Waals surface area contributed by atoms with Crippen molar-refractivity contribution in [3.63, 3.8) is 0 Å². The van der Waals surface area contributed by atoms with Crippen LogP contribution in [0.25, 0.3) is 0 Å². The lowest BCUT2D eigenvalue weighted by Crippen LogP contribution is -2.12. The standard InChI is InChI=1S/C9H12N2O2/c1-11-5-2-3-8(11)7-9(12)13-6-4-10/h7H,2-3,5-6H2,1H3. The van der Waals surface area contributed by atoms with E-state index in [-0.39, 0.29) is 6.61 Å². The number of rotatable bonds is 2. The number of carbonyl (C=O) groups is 1. The molecule has 0 aliphatic carbocycles. The molecule has 1 heterocycles. The highest BCUT2D eigenvalue weighted by atomic mass is 16.5. The van der Waals surface area contributed by atoms with E-state index in [0.29, 0.717) is 0 Å². The number of nitriles is 1. The van der Waals surface area contributed by atoms with Gasteiger partial charge in [-0.3, -0.25) is 0 Å². The van der Waals surface area contributed by atoms with Crippen LogP contribution >= 0.6 is 0 Å². The lowest BCUT2D eigenvalue weighted by Gasteiger charge is -2.11. The van der Waals surface area contributed by atoms with Gasteiger partial charge in [0.2, 0.25) is 0 Å². The Labute approximate surface area is 77.4 Å². The molecule has 0 aromatic rings. The molecule has 4 nitrogen and oxygen atoms in total. The third-order valence-electron chi connectivity index (χ3n) is 1.98. The van der Waals surface area contributed by atoms with Crippen molar-refractivity contribution in [2.75, 3.05) is 20.2 Å². The zero-order valence-electron chi connectivity index (χ0n) is 7.62. The van der Waals surface area contributed by atoms with Crippen LogP contribution < -0.4 is 0 Å². The number of hydrogen-bond acceptors (Lipinski definition) is 4. The third-order valence-corrected chi connectivity index (χ3v) is 1.98. The van der Waals surface area contributed by atoms with Gasteiger partial charge in [-0.1, -0.05) is 0 Å². The molecule has 4 heteroatoms. The van der Waals surface area contributed by atoms with Crippen molar-refractivity contribution >= 4 is 5.97 Å². The van der Waals surface area contributed by atoms with Crippen molar-refractivity contribution in [1.29, 1.82) is 5.26 Å². The largest absolute Gasteiger partial charge is 0.447 e. The van der Waals surface area contributed by atoms with Crippen molar-refractivity contribution in [2.24, 2.45) is 0 Å². The fourth-order valence-electron chi connectivity index (χ4n) is 1.30. The van der Waals surface area contributed by atoms with Crippen molar-refractivity contribution in [3.05, 3.63) is 11.8 Å². The minimum atomic E-state index is -0.426. The summed E-state index contributed by atoms with van der Waals surface area (Å²) in [5.41, 5.74) is 0.989. The molecule has 0 unspecified atom stereocenters. The van der Waals surface area contributed by atoms with Crippen LogP contribution in [0.2, 0.25) is 0 Å². The van der Waals surface area contributed by atoms with Gasteiger partial charge in [-0.15, -0.1) is 0 Å². The van der Waals surface area contributed by atoms with E-state index < -0.39 is 5.97 Å². The number of carbonyl (C=O) groups excluding carboxylic acids is 1. The Hall–Kier alpha value is -1.50. The lowest BCUT2D eigenvalue weighted by molar-refractivity contribution is -0.136. The molecule has 0 atom stereocenters. The molecule has 0 saturated carbocycles. The quantitative estimate of drug-likeness (QED) is 0.463. The number of esters is 1. The first-order valence-electron chi connectivity index (χ1n) is 4.19. The van der Waals surface area contributed by atoms with Crippen LogP contribution in [0.1, 0.15) is 12.8 Å². The molecule has 0 bridgehead atoms. The molecule has 70 valence electrons. The Morgan fingerprint density at radius 3 is 3.15 bits per heavy atom. The molecule has 1 saturated heterocycles. The van der Waals surface area contributed by atoms with Crippen LogP contribution in [0.3, 0.4) is 0 Å². The summed E-state index contributed by atoms with van der Waals surface area (Å²) in [4.78, 5) is 13.0. The Morgan fingerprint density at radius 1 is 1.85 bits per heavy atom. The van der Waals surface area contributed by atoms with Crippen molar-refractivity contribution < 1.29 is 9.53 Å². The summed E-state index contributed by atoms with van der Waals surface area (Å²) in [5.74, 6) is -0.426. The third kappa shape index (κ3) is 2.79. The van der Waals surface area contributed by atoms with Gasteiger partial charge in [0.25, 0.3) is 0 Å². The van der Waals surface area contributed by atoms with Crippen LogP contribution in [0, 0.1) is 11.3 Å². The van der Waals surface area contributed by atoms with Crippen LogP contribution in [0.4, 0.5) is 0 Å². The molecule has 1 aliphatic heterocycles. The fraction of sp³-hybridized carbons (Fsp3) is 0.556. The van der Waals surface area contributed by atoms with Crippen LogP contribution in [0.5, 0.6) is 0 Å². The van der Waals surface area contributed by atoms with E-state index in [1.807, 2.05) is 11.9 Å². The number of ether oxygens (including phenoxy) is 1. The second kappa shape index (κ2) is 4.51. The normalized spacial score (nSPS) is 18.8. The summed E-state index contributed by atoms with van der Waals surface area (Å²) >= 11 is 0. The van der Waals surface area contributed by atoms with Gasteiger partial charge in [-0.05, 0) is 12.8 Å². The molecule has 1 aliphatic rings. The summed E-state index contributed by atoms with van der Waals surface area (Å²) in [7, 11) is 1.94. The predicted molar refractivity (Wildman–Crippen MR) is 46.5 cm³/mol. The molecule has 13 heavy (non-hydrogen) atoms. The number of likely N-dealkylation sites (tertiary alicyclic amines) is 1. The first kappa shape index (κ1) is 9.59. The van der Waals surface area contributed by atoms with Gasteiger partial charge < -0.3 is 9.64 Å². The summed E-state index contributed by atoms with van der Waals surface area (Å²) < 4.78 is 4.60. The van der Waals surface area contributed by atoms with E-state index >= 15 is 0 Å². The Bertz CT molecular complexity index is 265. The van der Waals surface area contributed by atoms with E-state index in [1.165, 1.54) is 6.08 Å². The van der Waals surface area contributed by atoms with Gasteiger partial charge in [0.15, 0.2) is 6.61 Å². The minimum absolute atomic E-state index is 0.174. The van der Waals surface area contributed by atoms with E-state index in [0.717, 1.165) is 25.1 Å². The average molecular weight is 180 g/mol. The first-order chi connectivity index (χ1) is 6.24. The second-order valence-corrected chi connectivity index (χ2v) is 2.93. The minimum Gasteiger partial charge on any atom is -0.447 e. The van der Waals surface area contributed by atoms with Gasteiger partial charge in [0.1, 0.15) is 6.07 Å².